The predicted molar refractivity (Wildman–Crippen MR) is 138 cm³/mol. The molecule has 0 spiro atoms. The number of rotatable bonds is 7. The van der Waals surface area contributed by atoms with E-state index in [1.807, 2.05) is 48.5 Å². The molecule has 2 aromatic carbocycles. The first-order valence-corrected chi connectivity index (χ1v) is 12.6. The van der Waals surface area contributed by atoms with Crippen LogP contribution in [-0.2, 0) is 23.9 Å². The molecule has 3 atom stereocenters. The van der Waals surface area contributed by atoms with Crippen LogP contribution >= 0.6 is 0 Å². The number of carbonyl (C=O) groups is 4. The van der Waals surface area contributed by atoms with Gasteiger partial charge in [0.1, 0.15) is 24.3 Å². The van der Waals surface area contributed by atoms with Crippen molar-refractivity contribution in [3.05, 3.63) is 59.7 Å². The normalized spacial score (nSPS) is 19.3. The second-order valence-electron chi connectivity index (χ2n) is 10.6. The maximum absolute atomic E-state index is 13.4. The van der Waals surface area contributed by atoms with Crippen LogP contribution in [0, 0.1) is 0 Å². The topological polar surface area (TPSA) is 148 Å². The maximum atomic E-state index is 13.4. The lowest BCUT2D eigenvalue weighted by atomic mass is 9.98. The van der Waals surface area contributed by atoms with Crippen LogP contribution in [0.5, 0.6) is 0 Å². The number of β-amino-alcohol motifs (C(OH)–C–C–N with tert-alkyl or cyclic N) is 1. The molecule has 1 heterocycles. The summed E-state index contributed by atoms with van der Waals surface area (Å²) in [4.78, 5) is 51.7. The zero-order chi connectivity index (χ0) is 27.6. The van der Waals surface area contributed by atoms with E-state index < -0.39 is 54.1 Å². The predicted octanol–water partition coefficient (Wildman–Crippen LogP) is 2.07. The number of nitrogens with one attached hydrogen (secondary N) is 1. The van der Waals surface area contributed by atoms with E-state index in [2.05, 4.69) is 5.32 Å². The molecule has 202 valence electrons. The van der Waals surface area contributed by atoms with Crippen LogP contribution in [0.2, 0.25) is 0 Å². The largest absolute Gasteiger partial charge is 0.463 e. The average Bonchev–Trinajstić information content (AvgIpc) is 3.38. The van der Waals surface area contributed by atoms with Gasteiger partial charge in [-0.05, 0) is 43.0 Å². The number of aliphatic hydroxyl groups is 1. The van der Waals surface area contributed by atoms with Gasteiger partial charge >= 0.3 is 12.1 Å². The number of aliphatic hydroxyl groups excluding tert-OH is 1. The molecule has 4 N–H and O–H groups in total. The number of nitrogens with zero attached hydrogens (tertiary/aromatic N) is 1. The molecule has 2 aliphatic rings. The number of nitrogens with two attached hydrogens (primary N) is 1. The van der Waals surface area contributed by atoms with Crippen molar-refractivity contribution >= 4 is 23.9 Å². The molecule has 0 radical (unpaired) electrons. The lowest BCUT2D eigenvalue weighted by molar-refractivity contribution is -0.154. The van der Waals surface area contributed by atoms with E-state index in [1.54, 1.807) is 20.8 Å². The number of esters is 1. The summed E-state index contributed by atoms with van der Waals surface area (Å²) in [5.74, 6) is -2.40. The molecule has 1 saturated heterocycles. The van der Waals surface area contributed by atoms with E-state index in [-0.39, 0.29) is 25.5 Å². The van der Waals surface area contributed by atoms with Gasteiger partial charge in [0.15, 0.2) is 0 Å². The van der Waals surface area contributed by atoms with Gasteiger partial charge in [-0.25, -0.2) is 9.59 Å². The summed E-state index contributed by atoms with van der Waals surface area (Å²) in [7, 11) is 0. The molecule has 0 aromatic heterocycles. The van der Waals surface area contributed by atoms with Gasteiger partial charge in [0, 0.05) is 18.9 Å². The third-order valence-electron chi connectivity index (χ3n) is 6.58. The van der Waals surface area contributed by atoms with Gasteiger partial charge in [-0.3, -0.25) is 9.59 Å². The lowest BCUT2D eigenvalue weighted by Gasteiger charge is -2.28. The number of primary amides is 1. The Hall–Kier alpha value is -3.92. The molecule has 0 saturated carbocycles. The number of fused-ring (bicyclic) bond motifs is 3. The van der Waals surface area contributed by atoms with E-state index in [4.69, 9.17) is 15.2 Å². The molecule has 0 unspecified atom stereocenters. The Morgan fingerprint density at radius 1 is 1.05 bits per heavy atom. The highest BCUT2D eigenvalue weighted by atomic mass is 16.6. The summed E-state index contributed by atoms with van der Waals surface area (Å²) >= 11 is 0. The average molecular weight is 524 g/mol. The van der Waals surface area contributed by atoms with Gasteiger partial charge in [-0.1, -0.05) is 48.5 Å². The molecule has 1 aliphatic heterocycles. The van der Waals surface area contributed by atoms with Crippen LogP contribution in [-0.4, -0.2) is 70.8 Å². The molecule has 38 heavy (non-hydrogen) atoms. The zero-order valence-electron chi connectivity index (χ0n) is 21.7. The minimum absolute atomic E-state index is 0.0296. The van der Waals surface area contributed by atoms with Crippen molar-refractivity contribution in [1.82, 2.24) is 10.2 Å². The second-order valence-corrected chi connectivity index (χ2v) is 10.6. The van der Waals surface area contributed by atoms with Gasteiger partial charge < -0.3 is 30.5 Å². The number of likely N-dealkylation sites (tertiary alicyclic amines) is 1. The van der Waals surface area contributed by atoms with Crippen molar-refractivity contribution in [2.45, 2.75) is 63.3 Å². The quantitative estimate of drug-likeness (QED) is 0.471. The molecule has 10 nitrogen and oxygen atoms in total. The van der Waals surface area contributed by atoms with Crippen LogP contribution in [0.3, 0.4) is 0 Å². The summed E-state index contributed by atoms with van der Waals surface area (Å²) in [6.07, 6.45) is -2.41. The summed E-state index contributed by atoms with van der Waals surface area (Å²) in [5, 5.41) is 12.7. The molecule has 0 bridgehead atoms. The van der Waals surface area contributed by atoms with Gasteiger partial charge in [0.25, 0.3) is 0 Å². The molecular formula is C28H33N3O7. The molecular weight excluding hydrogens is 490 g/mol. The second kappa shape index (κ2) is 10.8. The van der Waals surface area contributed by atoms with Crippen LogP contribution < -0.4 is 11.1 Å². The fourth-order valence-corrected chi connectivity index (χ4v) is 5.03. The minimum atomic E-state index is -1.36. The van der Waals surface area contributed by atoms with Crippen LogP contribution in [0.4, 0.5) is 4.79 Å². The standard InChI is InChI=1S/C28H33N3O7/c1-28(2,3)38-27(36)30-22(13-24(29)33)25(34)31-14-16(32)12-23(31)26(35)37-15-21-19-10-6-4-8-17(19)18-9-5-7-11-20(18)21/h4-11,16,21-23,32H,12-15H2,1-3H3,(H2,29,33)(H,30,36)/t16-,22+,23+/m1/s1. The van der Waals surface area contributed by atoms with Crippen LogP contribution in [0.15, 0.2) is 48.5 Å². The van der Waals surface area contributed by atoms with E-state index >= 15 is 0 Å². The third kappa shape index (κ3) is 5.96. The molecule has 2 aromatic rings. The number of hydrogen-bond donors (Lipinski definition) is 3. The molecule has 1 fully saturated rings. The van der Waals surface area contributed by atoms with E-state index in [1.165, 1.54) is 0 Å². The Bertz CT molecular complexity index is 1190. The summed E-state index contributed by atoms with van der Waals surface area (Å²) in [6, 6.07) is 13.4. The number of carbonyl (C=O) groups excluding carboxylic acids is 4. The van der Waals surface area contributed by atoms with Crippen molar-refractivity contribution in [3.63, 3.8) is 0 Å². The first-order valence-electron chi connectivity index (χ1n) is 12.6. The highest BCUT2D eigenvalue weighted by molar-refractivity contribution is 5.93. The van der Waals surface area contributed by atoms with Crippen LogP contribution in [0.25, 0.3) is 11.1 Å². The Morgan fingerprint density at radius 3 is 2.18 bits per heavy atom. The molecule has 3 amide bonds. The fraction of sp³-hybridized carbons (Fsp3) is 0.429. The first kappa shape index (κ1) is 27.1. The Balaban J connectivity index is 1.48. The summed E-state index contributed by atoms with van der Waals surface area (Å²) in [5.41, 5.74) is 8.73. The Kier molecular flexibility index (Phi) is 7.73. The van der Waals surface area contributed by atoms with Crippen molar-refractivity contribution in [2.24, 2.45) is 5.73 Å². The van der Waals surface area contributed by atoms with Crippen molar-refractivity contribution in [2.75, 3.05) is 13.2 Å². The molecule has 4 rings (SSSR count). The number of ether oxygens (including phenoxy) is 2. The van der Waals surface area contributed by atoms with E-state index in [0.29, 0.717) is 0 Å². The SMILES string of the molecule is CC(C)(C)OC(=O)N[C@@H](CC(N)=O)C(=O)N1C[C@H](O)C[C@H]1C(=O)OCC1c2ccccc2-c2ccccc21. The Labute approximate surface area is 221 Å². The number of amides is 3. The zero-order valence-corrected chi connectivity index (χ0v) is 21.7. The monoisotopic (exact) mass is 523 g/mol. The van der Waals surface area contributed by atoms with Gasteiger partial charge in [-0.2, -0.15) is 0 Å². The van der Waals surface area contributed by atoms with Crippen LogP contribution in [0.1, 0.15) is 50.7 Å². The minimum Gasteiger partial charge on any atom is -0.463 e. The number of benzene rings is 2. The smallest absolute Gasteiger partial charge is 0.408 e. The highest BCUT2D eigenvalue weighted by Crippen LogP contribution is 2.44. The lowest BCUT2D eigenvalue weighted by Crippen LogP contribution is -2.54. The number of hydrogen-bond acceptors (Lipinski definition) is 7. The van der Waals surface area contributed by atoms with E-state index in [9.17, 15) is 24.3 Å². The third-order valence-corrected chi connectivity index (χ3v) is 6.58. The highest BCUT2D eigenvalue weighted by Gasteiger charge is 2.43. The Morgan fingerprint density at radius 2 is 1.63 bits per heavy atom. The fourth-order valence-electron chi connectivity index (χ4n) is 5.03. The first-order chi connectivity index (χ1) is 17.9. The van der Waals surface area contributed by atoms with Crippen molar-refractivity contribution < 1.29 is 33.8 Å². The maximum Gasteiger partial charge on any atom is 0.408 e. The van der Waals surface area contributed by atoms with Crippen molar-refractivity contribution in [1.29, 1.82) is 0 Å². The summed E-state index contributed by atoms with van der Waals surface area (Å²) in [6.45, 7) is 4.87. The van der Waals surface area contributed by atoms with E-state index in [0.717, 1.165) is 27.2 Å². The van der Waals surface area contributed by atoms with Gasteiger partial charge in [0.2, 0.25) is 11.8 Å². The van der Waals surface area contributed by atoms with Gasteiger partial charge in [0.05, 0.1) is 12.5 Å². The molecule has 1 aliphatic carbocycles. The molecule has 10 heteroatoms. The van der Waals surface area contributed by atoms with Crippen molar-refractivity contribution in [3.8, 4) is 11.1 Å². The summed E-state index contributed by atoms with van der Waals surface area (Å²) < 4.78 is 10.9. The number of alkyl carbamates (subject to hydrolysis) is 1. The van der Waals surface area contributed by atoms with Gasteiger partial charge in [-0.15, -0.1) is 0 Å².